The van der Waals surface area contributed by atoms with Crippen LogP contribution < -0.4 is 10.6 Å². The minimum absolute atomic E-state index is 0.00299. The zero-order valence-corrected chi connectivity index (χ0v) is 12.5. The Morgan fingerprint density at radius 2 is 2.09 bits per heavy atom. The molecule has 3 rings (SSSR count). The molecule has 2 heterocycles. The number of benzene rings is 1. The van der Waals surface area contributed by atoms with Crippen LogP contribution in [0.2, 0.25) is 5.02 Å². The second-order valence-electron chi connectivity index (χ2n) is 5.12. The molecule has 0 saturated carbocycles. The Bertz CT molecular complexity index is 744. The van der Waals surface area contributed by atoms with Crippen LogP contribution in [0.15, 0.2) is 36.5 Å². The van der Waals surface area contributed by atoms with Gasteiger partial charge in [0.25, 0.3) is 5.91 Å². The van der Waals surface area contributed by atoms with Gasteiger partial charge in [0.05, 0.1) is 11.3 Å². The molecule has 6 heteroatoms. The Morgan fingerprint density at radius 1 is 1.27 bits per heavy atom. The Kier molecular flexibility index (Phi) is 3.81. The summed E-state index contributed by atoms with van der Waals surface area (Å²) in [5.41, 5.74) is 7.06. The molecule has 22 heavy (non-hydrogen) atoms. The third-order valence-corrected chi connectivity index (χ3v) is 3.85. The summed E-state index contributed by atoms with van der Waals surface area (Å²) in [4.78, 5) is 30.4. The number of ketones is 1. The molecule has 0 atom stereocenters. The largest absolute Gasteiger partial charge is 0.384 e. The molecule has 0 bridgehead atoms. The van der Waals surface area contributed by atoms with Crippen molar-refractivity contribution in [3.05, 3.63) is 52.7 Å². The summed E-state index contributed by atoms with van der Waals surface area (Å²) in [6.07, 6.45) is 2.45. The second kappa shape index (κ2) is 5.77. The fourth-order valence-electron chi connectivity index (χ4n) is 2.52. The lowest BCUT2D eigenvalue weighted by Gasteiger charge is -2.22. The van der Waals surface area contributed by atoms with Crippen LogP contribution in [0, 0.1) is 0 Å². The lowest BCUT2D eigenvalue weighted by atomic mass is 10.1. The summed E-state index contributed by atoms with van der Waals surface area (Å²) in [5.74, 6) is 0.156. The molecule has 0 spiro atoms. The number of aromatic nitrogens is 1. The van der Waals surface area contributed by atoms with Gasteiger partial charge >= 0.3 is 0 Å². The van der Waals surface area contributed by atoms with Crippen molar-refractivity contribution >= 4 is 34.8 Å². The minimum atomic E-state index is -0.203. The number of hydrogen-bond acceptors (Lipinski definition) is 4. The average Bonchev–Trinajstić information content (AvgIpc) is 2.67. The maximum absolute atomic E-state index is 12.7. The SMILES string of the molecule is Nc1ccc(C(=O)N2CCCC(=O)c3cc(Cl)ccc32)cn1. The second-order valence-corrected chi connectivity index (χ2v) is 5.55. The number of carbonyl (C=O) groups is 2. The van der Waals surface area contributed by atoms with E-state index in [2.05, 4.69) is 4.98 Å². The molecule has 0 saturated heterocycles. The number of fused-ring (bicyclic) bond motifs is 1. The summed E-state index contributed by atoms with van der Waals surface area (Å²) in [7, 11) is 0. The van der Waals surface area contributed by atoms with Crippen molar-refractivity contribution in [2.45, 2.75) is 12.8 Å². The van der Waals surface area contributed by atoms with E-state index in [0.29, 0.717) is 47.0 Å². The molecule has 1 aliphatic heterocycles. The predicted molar refractivity (Wildman–Crippen MR) is 85.3 cm³/mol. The van der Waals surface area contributed by atoms with Crippen LogP contribution in [0.25, 0.3) is 0 Å². The van der Waals surface area contributed by atoms with Crippen LogP contribution in [0.4, 0.5) is 11.5 Å². The summed E-state index contributed by atoms with van der Waals surface area (Å²) in [6, 6.07) is 8.22. The monoisotopic (exact) mass is 315 g/mol. The van der Waals surface area contributed by atoms with Gasteiger partial charge in [0.1, 0.15) is 5.82 Å². The first-order valence-electron chi connectivity index (χ1n) is 6.92. The van der Waals surface area contributed by atoms with E-state index in [9.17, 15) is 9.59 Å². The number of amides is 1. The molecule has 2 N–H and O–H groups in total. The molecule has 2 aromatic rings. The van der Waals surface area contributed by atoms with Crippen molar-refractivity contribution in [2.24, 2.45) is 0 Å². The number of pyridine rings is 1. The number of hydrogen-bond donors (Lipinski definition) is 1. The van der Waals surface area contributed by atoms with Crippen molar-refractivity contribution in [1.82, 2.24) is 4.98 Å². The fraction of sp³-hybridized carbons (Fsp3) is 0.188. The summed E-state index contributed by atoms with van der Waals surface area (Å²) in [6.45, 7) is 0.476. The Balaban J connectivity index is 2.03. The topological polar surface area (TPSA) is 76.3 Å². The first kappa shape index (κ1) is 14.5. The molecular formula is C16H14ClN3O2. The van der Waals surface area contributed by atoms with Crippen molar-refractivity contribution in [2.75, 3.05) is 17.2 Å². The molecule has 1 aromatic carbocycles. The van der Waals surface area contributed by atoms with Crippen molar-refractivity contribution in [1.29, 1.82) is 0 Å². The summed E-state index contributed by atoms with van der Waals surface area (Å²) < 4.78 is 0. The molecule has 0 fully saturated rings. The fourth-order valence-corrected chi connectivity index (χ4v) is 2.69. The van der Waals surface area contributed by atoms with Gasteiger partial charge in [-0.3, -0.25) is 9.59 Å². The maximum Gasteiger partial charge on any atom is 0.259 e. The zero-order chi connectivity index (χ0) is 15.7. The molecule has 112 valence electrons. The van der Waals surface area contributed by atoms with E-state index in [1.165, 1.54) is 6.20 Å². The highest BCUT2D eigenvalue weighted by Gasteiger charge is 2.26. The van der Waals surface area contributed by atoms with Gasteiger partial charge in [-0.2, -0.15) is 0 Å². The average molecular weight is 316 g/mol. The van der Waals surface area contributed by atoms with Crippen molar-refractivity contribution < 1.29 is 9.59 Å². The van der Waals surface area contributed by atoms with E-state index in [1.807, 2.05) is 0 Å². The Hall–Kier alpha value is -2.40. The van der Waals surface area contributed by atoms with E-state index in [-0.39, 0.29) is 11.7 Å². The Labute approximate surface area is 132 Å². The van der Waals surface area contributed by atoms with Crippen LogP contribution in [-0.2, 0) is 0 Å². The highest BCUT2D eigenvalue weighted by atomic mass is 35.5. The highest BCUT2D eigenvalue weighted by molar-refractivity contribution is 6.31. The zero-order valence-electron chi connectivity index (χ0n) is 11.8. The molecule has 1 aliphatic rings. The van der Waals surface area contributed by atoms with Gasteiger partial charge in [-0.25, -0.2) is 4.98 Å². The molecule has 5 nitrogen and oxygen atoms in total. The van der Waals surface area contributed by atoms with Crippen LogP contribution in [0.1, 0.15) is 33.6 Å². The molecule has 0 radical (unpaired) electrons. The third-order valence-electron chi connectivity index (χ3n) is 3.61. The molecule has 1 aromatic heterocycles. The van der Waals surface area contributed by atoms with Crippen molar-refractivity contribution in [3.8, 4) is 0 Å². The Morgan fingerprint density at radius 3 is 2.82 bits per heavy atom. The number of nitrogens with zero attached hydrogens (tertiary/aromatic N) is 2. The van der Waals surface area contributed by atoms with Gasteiger partial charge in [0, 0.05) is 29.7 Å². The van der Waals surface area contributed by atoms with Gasteiger partial charge < -0.3 is 10.6 Å². The third kappa shape index (κ3) is 2.67. The summed E-state index contributed by atoms with van der Waals surface area (Å²) >= 11 is 5.98. The van der Waals surface area contributed by atoms with E-state index in [4.69, 9.17) is 17.3 Å². The standard InChI is InChI=1S/C16H14ClN3O2/c17-11-4-5-13-12(8-11)14(21)2-1-7-20(13)16(22)10-3-6-15(18)19-9-10/h3-6,8-9H,1-2,7H2,(H2,18,19). The molecule has 0 aliphatic carbocycles. The van der Waals surface area contributed by atoms with E-state index < -0.39 is 0 Å². The number of halogens is 1. The van der Waals surface area contributed by atoms with Gasteiger partial charge in [0.2, 0.25) is 0 Å². The number of anilines is 2. The number of nitrogens with two attached hydrogens (primary N) is 1. The number of nitrogen functional groups attached to an aromatic ring is 1. The van der Waals surface area contributed by atoms with Crippen molar-refractivity contribution in [3.63, 3.8) is 0 Å². The highest BCUT2D eigenvalue weighted by Crippen LogP contribution is 2.30. The van der Waals surface area contributed by atoms with Crippen LogP contribution in [0.5, 0.6) is 0 Å². The first-order chi connectivity index (χ1) is 10.6. The lowest BCUT2D eigenvalue weighted by Crippen LogP contribution is -2.31. The van der Waals surface area contributed by atoms with Gasteiger partial charge in [-0.1, -0.05) is 11.6 Å². The van der Waals surface area contributed by atoms with Gasteiger partial charge in [-0.15, -0.1) is 0 Å². The molecule has 1 amide bonds. The number of rotatable bonds is 1. The molecular weight excluding hydrogens is 302 g/mol. The van der Waals surface area contributed by atoms with Crippen LogP contribution >= 0.6 is 11.6 Å². The first-order valence-corrected chi connectivity index (χ1v) is 7.30. The van der Waals surface area contributed by atoms with E-state index in [0.717, 1.165) is 0 Å². The normalized spacial score (nSPS) is 14.4. The smallest absolute Gasteiger partial charge is 0.259 e. The maximum atomic E-state index is 12.7. The predicted octanol–water partition coefficient (Wildman–Crippen LogP) is 2.94. The van der Waals surface area contributed by atoms with Gasteiger partial charge in [-0.05, 0) is 36.8 Å². The minimum Gasteiger partial charge on any atom is -0.384 e. The number of Topliss-reactive ketones (excluding diaryl/α,β-unsaturated/α-hetero) is 1. The number of carbonyl (C=O) groups excluding carboxylic acids is 2. The van der Waals surface area contributed by atoms with Gasteiger partial charge in [0.15, 0.2) is 5.78 Å². The quantitative estimate of drug-likeness (QED) is 0.877. The van der Waals surface area contributed by atoms with Crippen LogP contribution in [-0.4, -0.2) is 23.2 Å². The summed E-state index contributed by atoms with van der Waals surface area (Å²) in [5, 5.41) is 0.482. The van der Waals surface area contributed by atoms with E-state index in [1.54, 1.807) is 35.2 Å². The van der Waals surface area contributed by atoms with E-state index >= 15 is 0 Å². The molecule has 0 unspecified atom stereocenters. The lowest BCUT2D eigenvalue weighted by molar-refractivity contribution is 0.0973. The van der Waals surface area contributed by atoms with Crippen LogP contribution in [0.3, 0.4) is 0 Å².